The van der Waals surface area contributed by atoms with Gasteiger partial charge in [0.05, 0.1) is 6.54 Å². The monoisotopic (exact) mass is 252 g/mol. The van der Waals surface area contributed by atoms with Gasteiger partial charge in [-0.15, -0.1) is 0 Å². The SMILES string of the molecule is CC1CCC(CNCC(=O)NC2CCCCC2)C1. The molecule has 0 bridgehead atoms. The molecular weight excluding hydrogens is 224 g/mol. The maximum Gasteiger partial charge on any atom is 0.234 e. The fourth-order valence-corrected chi connectivity index (χ4v) is 3.43. The second-order valence-electron chi connectivity index (χ2n) is 6.32. The first-order valence-electron chi connectivity index (χ1n) is 7.74. The quantitative estimate of drug-likeness (QED) is 0.789. The smallest absolute Gasteiger partial charge is 0.234 e. The van der Waals surface area contributed by atoms with E-state index in [1.807, 2.05) is 0 Å². The molecular formula is C15H28N2O. The van der Waals surface area contributed by atoms with E-state index in [0.717, 1.165) is 18.4 Å². The van der Waals surface area contributed by atoms with Gasteiger partial charge in [0, 0.05) is 6.04 Å². The highest BCUT2D eigenvalue weighted by Gasteiger charge is 2.21. The van der Waals surface area contributed by atoms with Crippen LogP contribution in [-0.4, -0.2) is 25.0 Å². The van der Waals surface area contributed by atoms with Crippen LogP contribution in [0.1, 0.15) is 58.3 Å². The fourth-order valence-electron chi connectivity index (χ4n) is 3.43. The second-order valence-corrected chi connectivity index (χ2v) is 6.32. The maximum absolute atomic E-state index is 11.8. The van der Waals surface area contributed by atoms with Crippen molar-refractivity contribution in [2.24, 2.45) is 11.8 Å². The minimum atomic E-state index is 0.188. The highest BCUT2D eigenvalue weighted by atomic mass is 16.1. The summed E-state index contributed by atoms with van der Waals surface area (Å²) in [6.45, 7) is 3.85. The van der Waals surface area contributed by atoms with Crippen LogP contribution in [0.5, 0.6) is 0 Å². The molecule has 2 aliphatic rings. The summed E-state index contributed by atoms with van der Waals surface area (Å²) < 4.78 is 0. The van der Waals surface area contributed by atoms with Gasteiger partial charge in [-0.3, -0.25) is 4.79 Å². The molecule has 0 aromatic carbocycles. The summed E-state index contributed by atoms with van der Waals surface area (Å²) in [6, 6.07) is 0.444. The Labute approximate surface area is 111 Å². The van der Waals surface area contributed by atoms with Gasteiger partial charge < -0.3 is 10.6 Å². The first kappa shape index (κ1) is 13.9. The number of nitrogens with one attached hydrogen (secondary N) is 2. The molecule has 0 aromatic rings. The normalized spacial score (nSPS) is 29.4. The van der Waals surface area contributed by atoms with Crippen LogP contribution in [0, 0.1) is 11.8 Å². The van der Waals surface area contributed by atoms with E-state index in [4.69, 9.17) is 0 Å². The molecule has 2 rings (SSSR count). The van der Waals surface area contributed by atoms with Crippen LogP contribution in [0.25, 0.3) is 0 Å². The molecule has 0 aromatic heterocycles. The zero-order valence-corrected chi connectivity index (χ0v) is 11.7. The van der Waals surface area contributed by atoms with Crippen LogP contribution < -0.4 is 10.6 Å². The second kappa shape index (κ2) is 7.13. The Kier molecular flexibility index (Phi) is 5.48. The van der Waals surface area contributed by atoms with E-state index in [0.29, 0.717) is 12.6 Å². The van der Waals surface area contributed by atoms with E-state index in [1.165, 1.54) is 51.4 Å². The number of hydrogen-bond donors (Lipinski definition) is 2. The third kappa shape index (κ3) is 4.60. The number of amides is 1. The lowest BCUT2D eigenvalue weighted by molar-refractivity contribution is -0.121. The van der Waals surface area contributed by atoms with Gasteiger partial charge in [0.25, 0.3) is 0 Å². The Morgan fingerprint density at radius 1 is 1.11 bits per heavy atom. The summed E-state index contributed by atoms with van der Waals surface area (Å²) >= 11 is 0. The number of carbonyl (C=O) groups excluding carboxylic acids is 1. The van der Waals surface area contributed by atoms with Crippen molar-refractivity contribution in [1.29, 1.82) is 0 Å². The highest BCUT2D eigenvalue weighted by Crippen LogP contribution is 2.29. The minimum absolute atomic E-state index is 0.188. The lowest BCUT2D eigenvalue weighted by Gasteiger charge is -2.23. The molecule has 0 radical (unpaired) electrons. The minimum Gasteiger partial charge on any atom is -0.352 e. The molecule has 0 heterocycles. The predicted molar refractivity (Wildman–Crippen MR) is 74.4 cm³/mol. The zero-order valence-electron chi connectivity index (χ0n) is 11.7. The molecule has 2 saturated carbocycles. The summed E-state index contributed by atoms with van der Waals surface area (Å²) in [5.41, 5.74) is 0. The van der Waals surface area contributed by atoms with Crippen molar-refractivity contribution in [1.82, 2.24) is 10.6 Å². The van der Waals surface area contributed by atoms with Gasteiger partial charge in [0.2, 0.25) is 5.91 Å². The molecule has 0 spiro atoms. The van der Waals surface area contributed by atoms with Crippen molar-refractivity contribution in [3.05, 3.63) is 0 Å². The number of rotatable bonds is 5. The van der Waals surface area contributed by atoms with Gasteiger partial charge in [0.1, 0.15) is 0 Å². The molecule has 2 unspecified atom stereocenters. The molecule has 2 N–H and O–H groups in total. The maximum atomic E-state index is 11.8. The molecule has 3 heteroatoms. The van der Waals surface area contributed by atoms with Crippen molar-refractivity contribution in [2.75, 3.05) is 13.1 Å². The Hall–Kier alpha value is -0.570. The van der Waals surface area contributed by atoms with Crippen LogP contribution in [0.4, 0.5) is 0 Å². The first-order valence-corrected chi connectivity index (χ1v) is 7.74. The van der Waals surface area contributed by atoms with Crippen LogP contribution in [0.3, 0.4) is 0 Å². The Morgan fingerprint density at radius 3 is 2.56 bits per heavy atom. The van der Waals surface area contributed by atoms with Crippen LogP contribution in [-0.2, 0) is 4.79 Å². The van der Waals surface area contributed by atoms with Crippen LogP contribution >= 0.6 is 0 Å². The molecule has 2 aliphatic carbocycles. The molecule has 2 atom stereocenters. The topological polar surface area (TPSA) is 41.1 Å². The summed E-state index contributed by atoms with van der Waals surface area (Å²) in [7, 11) is 0. The fraction of sp³-hybridized carbons (Fsp3) is 0.933. The van der Waals surface area contributed by atoms with Crippen molar-refractivity contribution in [3.8, 4) is 0 Å². The van der Waals surface area contributed by atoms with E-state index in [1.54, 1.807) is 0 Å². The molecule has 3 nitrogen and oxygen atoms in total. The van der Waals surface area contributed by atoms with E-state index in [-0.39, 0.29) is 5.91 Å². The Balaban J connectivity index is 1.54. The molecule has 104 valence electrons. The van der Waals surface area contributed by atoms with Gasteiger partial charge in [0.15, 0.2) is 0 Å². The Bertz CT molecular complexity index is 261. The van der Waals surface area contributed by atoms with E-state index < -0.39 is 0 Å². The van der Waals surface area contributed by atoms with Gasteiger partial charge >= 0.3 is 0 Å². The van der Waals surface area contributed by atoms with Gasteiger partial charge in [-0.2, -0.15) is 0 Å². The average Bonchev–Trinajstić information content (AvgIpc) is 2.76. The lowest BCUT2D eigenvalue weighted by Crippen LogP contribution is -2.42. The van der Waals surface area contributed by atoms with Gasteiger partial charge in [-0.25, -0.2) is 0 Å². The average molecular weight is 252 g/mol. The summed E-state index contributed by atoms with van der Waals surface area (Å²) in [6.07, 6.45) is 10.3. The van der Waals surface area contributed by atoms with Crippen LogP contribution in [0.2, 0.25) is 0 Å². The zero-order chi connectivity index (χ0) is 12.8. The van der Waals surface area contributed by atoms with E-state index in [2.05, 4.69) is 17.6 Å². The van der Waals surface area contributed by atoms with E-state index >= 15 is 0 Å². The summed E-state index contributed by atoms with van der Waals surface area (Å²) in [5, 5.41) is 6.48. The highest BCUT2D eigenvalue weighted by molar-refractivity contribution is 5.78. The molecule has 18 heavy (non-hydrogen) atoms. The van der Waals surface area contributed by atoms with Crippen molar-refractivity contribution < 1.29 is 4.79 Å². The first-order chi connectivity index (χ1) is 8.74. The van der Waals surface area contributed by atoms with E-state index in [9.17, 15) is 4.79 Å². The van der Waals surface area contributed by atoms with Crippen molar-refractivity contribution in [3.63, 3.8) is 0 Å². The van der Waals surface area contributed by atoms with Crippen molar-refractivity contribution in [2.45, 2.75) is 64.3 Å². The van der Waals surface area contributed by atoms with Crippen molar-refractivity contribution >= 4 is 5.91 Å². The number of hydrogen-bond acceptors (Lipinski definition) is 2. The summed E-state index contributed by atoms with van der Waals surface area (Å²) in [5.74, 6) is 1.86. The molecule has 0 saturated heterocycles. The lowest BCUT2D eigenvalue weighted by atomic mass is 9.95. The van der Waals surface area contributed by atoms with Crippen LogP contribution in [0.15, 0.2) is 0 Å². The third-order valence-corrected chi connectivity index (χ3v) is 4.49. The standard InChI is InChI=1S/C15H28N2O/c1-12-7-8-13(9-12)10-16-11-15(18)17-14-5-3-2-4-6-14/h12-14,16H,2-11H2,1H3,(H,17,18). The Morgan fingerprint density at radius 2 is 1.89 bits per heavy atom. The predicted octanol–water partition coefficient (Wildman–Crippen LogP) is 2.46. The molecule has 1 amide bonds. The number of carbonyl (C=O) groups is 1. The largest absolute Gasteiger partial charge is 0.352 e. The molecule has 0 aliphatic heterocycles. The van der Waals surface area contributed by atoms with Gasteiger partial charge in [-0.05, 0) is 44.1 Å². The molecule has 2 fully saturated rings. The third-order valence-electron chi connectivity index (χ3n) is 4.49. The van der Waals surface area contributed by atoms with Gasteiger partial charge in [-0.1, -0.05) is 32.6 Å². The summed E-state index contributed by atoms with van der Waals surface area (Å²) in [4.78, 5) is 11.8.